The molecule has 8 aliphatic carbocycles. The smallest absolute Gasteiger partial charge is 0.251 e. The number of nitrogens with zero attached hydrogens (tertiary/aromatic N) is 2. The van der Waals surface area contributed by atoms with Gasteiger partial charge in [-0.05, 0) is 213 Å². The van der Waals surface area contributed by atoms with Crippen molar-refractivity contribution >= 4 is 34.7 Å². The Hall–Kier alpha value is -3.98. The number of benzene rings is 3. The Morgan fingerprint density at radius 2 is 1.07 bits per heavy atom. The number of rotatable bonds is 9. The summed E-state index contributed by atoms with van der Waals surface area (Å²) < 4.78 is 0. The second kappa shape index (κ2) is 20.4. The molecule has 10 aliphatic rings. The highest BCUT2D eigenvalue weighted by Crippen LogP contribution is 2.58. The van der Waals surface area contributed by atoms with E-state index < -0.39 is 0 Å². The largest absolute Gasteiger partial charge is 0.315 e. The Kier molecular flexibility index (Phi) is 13.4. The van der Waals surface area contributed by atoms with E-state index in [0.29, 0.717) is 35.5 Å². The van der Waals surface area contributed by atoms with Crippen LogP contribution in [0.15, 0.2) is 120 Å². The first-order valence-corrected chi connectivity index (χ1v) is 30.6. The van der Waals surface area contributed by atoms with E-state index in [0.717, 1.165) is 18.3 Å². The van der Waals surface area contributed by atoms with Crippen molar-refractivity contribution in [1.29, 1.82) is 0 Å². The normalized spacial score (nSPS) is 28.0. The van der Waals surface area contributed by atoms with Gasteiger partial charge in [-0.15, -0.1) is 0 Å². The summed E-state index contributed by atoms with van der Waals surface area (Å²) in [6.07, 6.45) is 57.1. The van der Waals surface area contributed by atoms with Crippen LogP contribution in [0, 0.1) is 35.0 Å². The zero-order chi connectivity index (χ0) is 47.3. The van der Waals surface area contributed by atoms with Gasteiger partial charge in [0.1, 0.15) is 0 Å². The van der Waals surface area contributed by atoms with Crippen molar-refractivity contribution in [3.63, 3.8) is 0 Å². The molecule has 0 spiro atoms. The first-order chi connectivity index (χ1) is 35.1. The highest BCUT2D eigenvalue weighted by molar-refractivity contribution is 6.94. The van der Waals surface area contributed by atoms with Gasteiger partial charge in [0, 0.05) is 34.2 Å². The van der Waals surface area contributed by atoms with Crippen LogP contribution in [0.1, 0.15) is 234 Å². The number of anilines is 3. The van der Waals surface area contributed by atoms with E-state index >= 15 is 0 Å². The van der Waals surface area contributed by atoms with Crippen molar-refractivity contribution in [3.8, 4) is 0 Å². The predicted molar refractivity (Wildman–Crippen MR) is 303 cm³/mol. The molecule has 3 heteroatoms. The third-order valence-electron chi connectivity index (χ3n) is 21.7. The number of hydrogen-bond donors (Lipinski definition) is 0. The average Bonchev–Trinajstić information content (AvgIpc) is 3.46. The number of hydrogen-bond acceptors (Lipinski definition) is 2. The molecule has 0 saturated heterocycles. The molecule has 0 aromatic heterocycles. The third-order valence-corrected chi connectivity index (χ3v) is 21.7. The second-order valence-corrected chi connectivity index (χ2v) is 25.5. The van der Waals surface area contributed by atoms with Crippen LogP contribution in [0.4, 0.5) is 17.1 Å². The van der Waals surface area contributed by atoms with E-state index in [1.165, 1.54) is 215 Å². The zero-order valence-corrected chi connectivity index (χ0v) is 44.0. The first kappa shape index (κ1) is 46.8. The molecule has 0 bridgehead atoms. The molecule has 5 saturated carbocycles. The SMILES string of the molecule is CC(C1C=CCCC1)(C1C=C2C3=C(C1)N(C1=CCC(C4CCCCC4)C=C1)c1ccc(C4CCCCC4)cc1B3c1cc(C3CCCCC3)ccc1N2c1ccc(C2CCCCC2)cc1)C1CCCCC1. The van der Waals surface area contributed by atoms with E-state index in [1.807, 2.05) is 0 Å². The lowest BCUT2D eigenvalue weighted by atomic mass is 9.31. The second-order valence-electron chi connectivity index (χ2n) is 25.5. The molecule has 4 unspecified atom stereocenters. The van der Waals surface area contributed by atoms with Gasteiger partial charge < -0.3 is 9.80 Å². The topological polar surface area (TPSA) is 6.48 Å². The summed E-state index contributed by atoms with van der Waals surface area (Å²) in [7, 11) is 0. The Balaban J connectivity index is 1.04. The van der Waals surface area contributed by atoms with Crippen LogP contribution < -0.4 is 20.7 Å². The molecule has 2 aliphatic heterocycles. The number of allylic oxidation sites excluding steroid dienone is 8. The quantitative estimate of drug-likeness (QED) is 0.156. The summed E-state index contributed by atoms with van der Waals surface area (Å²) >= 11 is 0. The Labute approximate surface area is 431 Å². The zero-order valence-electron chi connectivity index (χ0n) is 44.0. The monoisotopic (exact) mass is 943 g/mol. The van der Waals surface area contributed by atoms with Crippen LogP contribution in [0.5, 0.6) is 0 Å². The minimum atomic E-state index is 0.180. The fourth-order valence-corrected chi connectivity index (χ4v) is 17.6. The lowest BCUT2D eigenvalue weighted by Crippen LogP contribution is -2.58. The highest BCUT2D eigenvalue weighted by atomic mass is 15.2. The van der Waals surface area contributed by atoms with E-state index in [9.17, 15) is 0 Å². The summed E-state index contributed by atoms with van der Waals surface area (Å²) in [6.45, 7) is 3.04. The summed E-state index contributed by atoms with van der Waals surface area (Å²) in [5.41, 5.74) is 18.6. The fourth-order valence-electron chi connectivity index (χ4n) is 17.6. The van der Waals surface area contributed by atoms with Crippen molar-refractivity contribution in [2.45, 2.75) is 217 Å². The van der Waals surface area contributed by atoms with Crippen LogP contribution in [-0.2, 0) is 0 Å². The summed E-state index contributed by atoms with van der Waals surface area (Å²) in [6, 6.07) is 26.3. The first-order valence-electron chi connectivity index (χ1n) is 30.6. The fraction of sp³-hybridized carbons (Fsp3) is 0.588. The summed E-state index contributed by atoms with van der Waals surface area (Å²) in [5.74, 6) is 5.36. The van der Waals surface area contributed by atoms with E-state index in [1.54, 1.807) is 38.8 Å². The molecular weight excluding hydrogens is 856 g/mol. The van der Waals surface area contributed by atoms with Crippen molar-refractivity contribution in [3.05, 3.63) is 136 Å². The Morgan fingerprint density at radius 1 is 0.521 bits per heavy atom. The Morgan fingerprint density at radius 3 is 1.63 bits per heavy atom. The molecule has 372 valence electrons. The van der Waals surface area contributed by atoms with Crippen molar-refractivity contribution in [2.75, 3.05) is 9.80 Å². The van der Waals surface area contributed by atoms with Gasteiger partial charge in [0.15, 0.2) is 0 Å². The minimum absolute atomic E-state index is 0.180. The maximum atomic E-state index is 2.95. The van der Waals surface area contributed by atoms with Gasteiger partial charge in [0.25, 0.3) is 6.71 Å². The van der Waals surface area contributed by atoms with Crippen LogP contribution in [0.2, 0.25) is 0 Å². The lowest BCUT2D eigenvalue weighted by molar-refractivity contribution is 0.0317. The minimum Gasteiger partial charge on any atom is -0.315 e. The molecule has 13 rings (SSSR count). The molecule has 2 nitrogen and oxygen atoms in total. The van der Waals surface area contributed by atoms with Gasteiger partial charge >= 0.3 is 0 Å². The van der Waals surface area contributed by atoms with Crippen LogP contribution >= 0.6 is 0 Å². The van der Waals surface area contributed by atoms with E-state index in [2.05, 4.69) is 114 Å². The summed E-state index contributed by atoms with van der Waals surface area (Å²) in [5, 5.41) is 0. The number of fused-ring (bicyclic) bond motifs is 4. The average molecular weight is 943 g/mol. The van der Waals surface area contributed by atoms with Gasteiger partial charge in [0.2, 0.25) is 0 Å². The van der Waals surface area contributed by atoms with Crippen molar-refractivity contribution in [2.24, 2.45) is 35.0 Å². The van der Waals surface area contributed by atoms with Gasteiger partial charge in [-0.2, -0.15) is 0 Å². The molecule has 2 heterocycles. The van der Waals surface area contributed by atoms with E-state index in [4.69, 9.17) is 0 Å². The third kappa shape index (κ3) is 8.73. The van der Waals surface area contributed by atoms with E-state index in [-0.39, 0.29) is 12.1 Å². The molecule has 0 N–H and O–H groups in total. The lowest BCUT2D eigenvalue weighted by Gasteiger charge is -2.55. The van der Waals surface area contributed by atoms with Gasteiger partial charge in [-0.1, -0.05) is 170 Å². The van der Waals surface area contributed by atoms with Gasteiger partial charge in [0.05, 0.1) is 0 Å². The van der Waals surface area contributed by atoms with Crippen molar-refractivity contribution < 1.29 is 0 Å². The molecule has 5 fully saturated rings. The molecular formula is C68H87BN2. The molecule has 4 atom stereocenters. The van der Waals surface area contributed by atoms with Crippen molar-refractivity contribution in [1.82, 2.24) is 0 Å². The van der Waals surface area contributed by atoms with Gasteiger partial charge in [-0.3, -0.25) is 0 Å². The molecule has 3 aromatic rings. The summed E-state index contributed by atoms with van der Waals surface area (Å²) in [4.78, 5) is 5.76. The standard InChI is InChI=1S/C68H87BN2/c1-68(56-28-16-6-17-29-56,57-30-18-7-19-31-57)58-46-65-67-66(47-58)71(60-40-34-53(35-41-60)49-22-10-3-11-23-49)64-43-37-55(51-26-14-5-15-27-51)45-62(64)69(67)61-44-54(50-24-12-4-13-25-50)36-42-63(61)70(65)59-38-32-52(33-39-59)48-20-8-2-9-21-48/h16,28,32-34,36-46,48-51,53,56-58H,2-15,17-27,29-31,35,47H2,1H3. The maximum absolute atomic E-state index is 2.95. The predicted octanol–water partition coefficient (Wildman–Crippen LogP) is 18.1. The van der Waals surface area contributed by atoms with Crippen LogP contribution in [0.3, 0.4) is 0 Å². The molecule has 0 radical (unpaired) electrons. The Bertz CT molecular complexity index is 2540. The molecule has 0 amide bonds. The maximum Gasteiger partial charge on any atom is 0.251 e. The van der Waals surface area contributed by atoms with Crippen LogP contribution in [0.25, 0.3) is 0 Å². The van der Waals surface area contributed by atoms with Gasteiger partial charge in [-0.25, -0.2) is 0 Å². The molecule has 71 heavy (non-hydrogen) atoms. The molecule has 3 aromatic carbocycles. The highest BCUT2D eigenvalue weighted by Gasteiger charge is 2.53. The van der Waals surface area contributed by atoms with Crippen LogP contribution in [-0.4, -0.2) is 6.71 Å².